The van der Waals surface area contributed by atoms with Gasteiger partial charge in [0.2, 0.25) is 5.88 Å². The molecule has 3 rings (SSSR count). The second-order valence-corrected chi connectivity index (χ2v) is 6.44. The molecule has 1 N–H and O–H groups in total. The van der Waals surface area contributed by atoms with Gasteiger partial charge in [-0.3, -0.25) is 4.79 Å². The van der Waals surface area contributed by atoms with Gasteiger partial charge in [-0.15, -0.1) is 0 Å². The van der Waals surface area contributed by atoms with E-state index >= 15 is 0 Å². The lowest BCUT2D eigenvalue weighted by Crippen LogP contribution is -2.27. The highest BCUT2D eigenvalue weighted by molar-refractivity contribution is 5.97. The van der Waals surface area contributed by atoms with Crippen molar-refractivity contribution in [2.24, 2.45) is 0 Å². The predicted octanol–water partition coefficient (Wildman–Crippen LogP) is 5.31. The first kappa shape index (κ1) is 21.2. The number of hydrogen-bond donors (Lipinski definition) is 1. The number of benzene rings is 2. The van der Waals surface area contributed by atoms with E-state index in [2.05, 4.69) is 15.0 Å². The zero-order chi connectivity index (χ0) is 21.6. The molecular formula is C22H19F3N2O3. The van der Waals surface area contributed by atoms with Crippen molar-refractivity contribution in [3.63, 3.8) is 0 Å². The van der Waals surface area contributed by atoms with E-state index in [9.17, 15) is 18.0 Å². The second-order valence-electron chi connectivity index (χ2n) is 6.44. The summed E-state index contributed by atoms with van der Waals surface area (Å²) in [5.41, 5.74) is 0.968. The first-order valence-electron chi connectivity index (χ1n) is 9.10. The number of alkyl halides is 3. The number of nitrogens with one attached hydrogen (secondary N) is 1. The highest BCUT2D eigenvalue weighted by atomic mass is 19.4. The molecule has 0 aliphatic carbocycles. The molecule has 2 aromatic carbocycles. The number of hydrogen-bond acceptors (Lipinski definition) is 4. The van der Waals surface area contributed by atoms with Crippen molar-refractivity contribution in [2.45, 2.75) is 19.1 Å². The van der Waals surface area contributed by atoms with Crippen molar-refractivity contribution < 1.29 is 27.4 Å². The van der Waals surface area contributed by atoms with E-state index in [1.807, 2.05) is 18.2 Å². The number of rotatable bonds is 7. The molecule has 1 heterocycles. The molecule has 0 radical (unpaired) electrons. The predicted molar refractivity (Wildman–Crippen MR) is 105 cm³/mol. The lowest BCUT2D eigenvalue weighted by atomic mass is 10.1. The minimum absolute atomic E-state index is 0.142. The number of carbonyl (C=O) groups is 1. The summed E-state index contributed by atoms with van der Waals surface area (Å²) >= 11 is 0. The summed E-state index contributed by atoms with van der Waals surface area (Å²) in [4.78, 5) is 16.6. The molecule has 156 valence electrons. The number of halogens is 3. The number of nitrogens with zero attached hydrogens (tertiary/aromatic N) is 1. The van der Waals surface area contributed by atoms with Crippen LogP contribution < -0.4 is 14.8 Å². The fourth-order valence-corrected chi connectivity index (χ4v) is 2.61. The van der Waals surface area contributed by atoms with Crippen LogP contribution in [0.25, 0.3) is 0 Å². The third-order valence-corrected chi connectivity index (χ3v) is 4.09. The first-order valence-corrected chi connectivity index (χ1v) is 9.10. The van der Waals surface area contributed by atoms with Crippen molar-refractivity contribution in [3.8, 4) is 17.4 Å². The molecule has 0 spiro atoms. The molecule has 1 aromatic heterocycles. The number of amides is 1. The topological polar surface area (TPSA) is 60.5 Å². The molecule has 0 fully saturated rings. The molecule has 1 unspecified atom stereocenters. The van der Waals surface area contributed by atoms with Gasteiger partial charge in [0.25, 0.3) is 5.91 Å². The van der Waals surface area contributed by atoms with Gasteiger partial charge in [0.15, 0.2) is 6.61 Å². The molecule has 3 aromatic rings. The van der Waals surface area contributed by atoms with E-state index < -0.39 is 18.8 Å². The Kier molecular flexibility index (Phi) is 6.56. The molecule has 5 nitrogen and oxygen atoms in total. The van der Waals surface area contributed by atoms with Gasteiger partial charge in [0, 0.05) is 12.3 Å². The molecule has 1 amide bonds. The maximum Gasteiger partial charge on any atom is 0.422 e. The van der Waals surface area contributed by atoms with Crippen molar-refractivity contribution in [1.82, 2.24) is 10.3 Å². The fourth-order valence-electron chi connectivity index (χ4n) is 2.61. The lowest BCUT2D eigenvalue weighted by molar-refractivity contribution is -0.154. The van der Waals surface area contributed by atoms with Crippen molar-refractivity contribution in [1.29, 1.82) is 0 Å². The van der Waals surface area contributed by atoms with Gasteiger partial charge < -0.3 is 14.8 Å². The molecule has 1 atom stereocenters. The Hall–Kier alpha value is -3.55. The van der Waals surface area contributed by atoms with E-state index in [0.717, 1.165) is 0 Å². The number of para-hydroxylation sites is 2. The molecule has 8 heteroatoms. The summed E-state index contributed by atoms with van der Waals surface area (Å²) in [6, 6.07) is 18.4. The molecule has 0 bridgehead atoms. The summed E-state index contributed by atoms with van der Waals surface area (Å²) in [5.74, 6) is 0.509. The Morgan fingerprint density at radius 1 is 1.03 bits per heavy atom. The van der Waals surface area contributed by atoms with Crippen LogP contribution in [-0.4, -0.2) is 23.7 Å². The summed E-state index contributed by atoms with van der Waals surface area (Å²) in [6.45, 7) is 0.329. The molecule has 0 aliphatic heterocycles. The third-order valence-electron chi connectivity index (χ3n) is 4.09. The van der Waals surface area contributed by atoms with Crippen LogP contribution in [-0.2, 0) is 0 Å². The van der Waals surface area contributed by atoms with Gasteiger partial charge >= 0.3 is 6.18 Å². The Morgan fingerprint density at radius 2 is 1.73 bits per heavy atom. The SMILES string of the molecule is CC(NC(=O)c1ccccc1Oc1ccccc1)c1ccc(OCC(F)(F)F)nc1. The van der Waals surface area contributed by atoms with Gasteiger partial charge in [-0.05, 0) is 36.8 Å². The van der Waals surface area contributed by atoms with Gasteiger partial charge in [-0.25, -0.2) is 4.98 Å². The van der Waals surface area contributed by atoms with E-state index in [0.29, 0.717) is 22.6 Å². The quantitative estimate of drug-likeness (QED) is 0.567. The van der Waals surface area contributed by atoms with Crippen molar-refractivity contribution >= 4 is 5.91 Å². The maximum absolute atomic E-state index is 12.8. The van der Waals surface area contributed by atoms with Crippen LogP contribution in [0.3, 0.4) is 0 Å². The van der Waals surface area contributed by atoms with Crippen molar-refractivity contribution in [2.75, 3.05) is 6.61 Å². The van der Waals surface area contributed by atoms with E-state index in [-0.39, 0.29) is 11.8 Å². The average molecular weight is 416 g/mol. The lowest BCUT2D eigenvalue weighted by Gasteiger charge is -2.16. The largest absolute Gasteiger partial charge is 0.468 e. The minimum Gasteiger partial charge on any atom is -0.468 e. The summed E-state index contributed by atoms with van der Waals surface area (Å²) in [5, 5.41) is 2.83. The Labute approximate surface area is 171 Å². The normalized spacial score (nSPS) is 12.1. The van der Waals surface area contributed by atoms with Crippen LogP contribution in [0.15, 0.2) is 72.9 Å². The number of ether oxygens (including phenoxy) is 2. The number of pyridine rings is 1. The molecular weight excluding hydrogens is 397 g/mol. The minimum atomic E-state index is -4.43. The zero-order valence-electron chi connectivity index (χ0n) is 16.0. The van der Waals surface area contributed by atoms with Gasteiger partial charge in [0.1, 0.15) is 11.5 Å². The average Bonchev–Trinajstić information content (AvgIpc) is 2.73. The van der Waals surface area contributed by atoms with Crippen LogP contribution >= 0.6 is 0 Å². The van der Waals surface area contributed by atoms with Crippen LogP contribution in [0, 0.1) is 0 Å². The van der Waals surface area contributed by atoms with Gasteiger partial charge in [-0.1, -0.05) is 36.4 Å². The van der Waals surface area contributed by atoms with E-state index in [1.54, 1.807) is 49.4 Å². The van der Waals surface area contributed by atoms with Crippen LogP contribution in [0.5, 0.6) is 17.4 Å². The van der Waals surface area contributed by atoms with Crippen LogP contribution in [0.2, 0.25) is 0 Å². The highest BCUT2D eigenvalue weighted by Crippen LogP contribution is 2.26. The smallest absolute Gasteiger partial charge is 0.422 e. The summed E-state index contributed by atoms with van der Waals surface area (Å²) in [7, 11) is 0. The van der Waals surface area contributed by atoms with Gasteiger partial charge in [-0.2, -0.15) is 13.2 Å². The van der Waals surface area contributed by atoms with E-state index in [4.69, 9.17) is 4.74 Å². The monoisotopic (exact) mass is 416 g/mol. The third kappa shape index (κ3) is 5.97. The molecule has 30 heavy (non-hydrogen) atoms. The Balaban J connectivity index is 1.66. The summed E-state index contributed by atoms with van der Waals surface area (Å²) in [6.07, 6.45) is -3.07. The van der Waals surface area contributed by atoms with E-state index in [1.165, 1.54) is 12.3 Å². The van der Waals surface area contributed by atoms with Crippen molar-refractivity contribution in [3.05, 3.63) is 84.1 Å². The van der Waals surface area contributed by atoms with Crippen LogP contribution in [0.1, 0.15) is 28.9 Å². The molecule has 0 saturated carbocycles. The number of aromatic nitrogens is 1. The Bertz CT molecular complexity index is 977. The standard InChI is InChI=1S/C22H19F3N2O3/c1-15(16-11-12-20(26-13-16)29-14-22(23,24)25)27-21(28)18-9-5-6-10-19(18)30-17-7-3-2-4-8-17/h2-13,15H,14H2,1H3,(H,27,28). The molecule has 0 saturated heterocycles. The summed E-state index contributed by atoms with van der Waals surface area (Å²) < 4.78 is 47.0. The van der Waals surface area contributed by atoms with Gasteiger partial charge in [0.05, 0.1) is 11.6 Å². The Morgan fingerprint density at radius 3 is 2.40 bits per heavy atom. The maximum atomic E-state index is 12.8. The second kappa shape index (κ2) is 9.30. The molecule has 0 aliphatic rings. The highest BCUT2D eigenvalue weighted by Gasteiger charge is 2.28. The fraction of sp³-hybridized carbons (Fsp3) is 0.182. The zero-order valence-corrected chi connectivity index (χ0v) is 16.0. The number of carbonyl (C=O) groups excluding carboxylic acids is 1. The van der Waals surface area contributed by atoms with Crippen LogP contribution in [0.4, 0.5) is 13.2 Å². The first-order chi connectivity index (χ1) is 14.3.